The second kappa shape index (κ2) is 7.61. The fourth-order valence-electron chi connectivity index (χ4n) is 4.65. The predicted molar refractivity (Wildman–Crippen MR) is 115 cm³/mol. The standard InChI is InChI=1S/C22H29N3O3S/c1-17(2)15-25-20-9-5-4-8-19(20)22(29(25,26)27)10-13-24(14-11-22)16-18-7-6-12-23-21(18)28-3/h4-9,12,17H,10-11,13-16H2,1-3H3. The lowest BCUT2D eigenvalue weighted by Gasteiger charge is -2.39. The zero-order chi connectivity index (χ0) is 20.6. The number of ether oxygens (including phenoxy) is 1. The first-order valence-corrected chi connectivity index (χ1v) is 11.6. The zero-order valence-electron chi connectivity index (χ0n) is 17.3. The lowest BCUT2D eigenvalue weighted by Crippen LogP contribution is -2.48. The van der Waals surface area contributed by atoms with Crippen LogP contribution in [0.15, 0.2) is 42.6 Å². The molecule has 0 unspecified atom stereocenters. The highest BCUT2D eigenvalue weighted by atomic mass is 32.2. The Hall–Kier alpha value is -2.12. The monoisotopic (exact) mass is 415 g/mol. The van der Waals surface area contributed by atoms with Crippen LogP contribution in [0.1, 0.15) is 37.8 Å². The molecule has 0 bridgehead atoms. The number of anilines is 1. The smallest absolute Gasteiger partial charge is 0.245 e. The van der Waals surface area contributed by atoms with E-state index in [-0.39, 0.29) is 5.92 Å². The van der Waals surface area contributed by atoms with E-state index in [2.05, 4.69) is 23.7 Å². The summed E-state index contributed by atoms with van der Waals surface area (Å²) in [6.07, 6.45) is 2.92. The number of fused-ring (bicyclic) bond motifs is 2. The molecule has 0 aliphatic carbocycles. The van der Waals surface area contributed by atoms with Crippen LogP contribution in [-0.2, 0) is 21.3 Å². The van der Waals surface area contributed by atoms with E-state index in [1.165, 1.54) is 0 Å². The van der Waals surface area contributed by atoms with Gasteiger partial charge in [0.2, 0.25) is 15.9 Å². The first kappa shape index (κ1) is 20.2. The number of nitrogens with zero attached hydrogens (tertiary/aromatic N) is 3. The third kappa shape index (κ3) is 3.30. The highest BCUT2D eigenvalue weighted by Gasteiger charge is 2.56. The Morgan fingerprint density at radius 3 is 2.55 bits per heavy atom. The SMILES string of the molecule is COc1ncccc1CN1CCC2(CC1)c1ccccc1N(CC(C)C)S2(=O)=O. The molecule has 3 heterocycles. The Balaban J connectivity index is 1.60. The van der Waals surface area contributed by atoms with Gasteiger partial charge >= 0.3 is 0 Å². The van der Waals surface area contributed by atoms with E-state index in [9.17, 15) is 8.42 Å². The molecule has 0 amide bonds. The fourth-order valence-corrected chi connectivity index (χ4v) is 7.14. The number of aromatic nitrogens is 1. The van der Waals surface area contributed by atoms with E-state index in [1.807, 2.05) is 36.4 Å². The van der Waals surface area contributed by atoms with Crippen molar-refractivity contribution in [3.05, 3.63) is 53.7 Å². The molecule has 2 aromatic rings. The van der Waals surface area contributed by atoms with Crippen molar-refractivity contribution in [2.75, 3.05) is 31.0 Å². The Labute approximate surface area is 173 Å². The average molecular weight is 416 g/mol. The molecule has 1 fully saturated rings. The number of piperidine rings is 1. The van der Waals surface area contributed by atoms with Crippen LogP contribution in [-0.4, -0.2) is 45.0 Å². The highest BCUT2D eigenvalue weighted by Crippen LogP contribution is 2.52. The lowest BCUT2D eigenvalue weighted by molar-refractivity contribution is 0.187. The second-order valence-corrected chi connectivity index (χ2v) is 10.6. The number of hydrogen-bond donors (Lipinski definition) is 0. The number of benzene rings is 1. The van der Waals surface area contributed by atoms with Crippen molar-refractivity contribution >= 4 is 15.7 Å². The Morgan fingerprint density at radius 1 is 1.14 bits per heavy atom. The summed E-state index contributed by atoms with van der Waals surface area (Å²) in [5.41, 5.74) is 2.87. The van der Waals surface area contributed by atoms with Crippen molar-refractivity contribution in [1.29, 1.82) is 0 Å². The summed E-state index contributed by atoms with van der Waals surface area (Å²) in [6.45, 7) is 6.81. The molecule has 4 rings (SSSR count). The molecule has 7 heteroatoms. The van der Waals surface area contributed by atoms with Gasteiger partial charge in [-0.15, -0.1) is 0 Å². The first-order valence-electron chi connectivity index (χ1n) is 10.2. The highest BCUT2D eigenvalue weighted by molar-refractivity contribution is 7.94. The van der Waals surface area contributed by atoms with Crippen molar-refractivity contribution in [1.82, 2.24) is 9.88 Å². The van der Waals surface area contributed by atoms with Gasteiger partial charge in [-0.25, -0.2) is 13.4 Å². The van der Waals surface area contributed by atoms with Crippen LogP contribution in [0.25, 0.3) is 0 Å². The minimum atomic E-state index is -3.44. The van der Waals surface area contributed by atoms with Crippen molar-refractivity contribution < 1.29 is 13.2 Å². The Morgan fingerprint density at radius 2 is 1.86 bits per heavy atom. The van der Waals surface area contributed by atoms with E-state index in [1.54, 1.807) is 17.6 Å². The molecule has 2 aliphatic heterocycles. The first-order chi connectivity index (χ1) is 13.9. The lowest BCUT2D eigenvalue weighted by atomic mass is 9.87. The third-order valence-electron chi connectivity index (χ3n) is 6.08. The van der Waals surface area contributed by atoms with Gasteiger partial charge < -0.3 is 4.74 Å². The van der Waals surface area contributed by atoms with Gasteiger partial charge in [0.05, 0.1) is 12.8 Å². The summed E-state index contributed by atoms with van der Waals surface area (Å²) in [5.74, 6) is 0.904. The van der Waals surface area contributed by atoms with Gasteiger partial charge in [-0.1, -0.05) is 38.1 Å². The summed E-state index contributed by atoms with van der Waals surface area (Å²) < 4.78 is 33.6. The summed E-state index contributed by atoms with van der Waals surface area (Å²) in [5, 5.41) is 0. The quantitative estimate of drug-likeness (QED) is 0.749. The maximum atomic E-state index is 13.7. The predicted octanol–water partition coefficient (Wildman–Crippen LogP) is 3.39. The second-order valence-electron chi connectivity index (χ2n) is 8.39. The van der Waals surface area contributed by atoms with Gasteiger partial charge in [0, 0.05) is 37.9 Å². The molecule has 156 valence electrons. The molecule has 1 saturated heterocycles. The molecule has 2 aliphatic rings. The van der Waals surface area contributed by atoms with E-state index in [0.29, 0.717) is 31.8 Å². The topological polar surface area (TPSA) is 62.7 Å². The maximum absolute atomic E-state index is 13.7. The molecule has 0 N–H and O–H groups in total. The number of hydrogen-bond acceptors (Lipinski definition) is 5. The molecule has 29 heavy (non-hydrogen) atoms. The largest absolute Gasteiger partial charge is 0.481 e. The van der Waals surface area contributed by atoms with Gasteiger partial charge in [-0.2, -0.15) is 0 Å². The summed E-state index contributed by atoms with van der Waals surface area (Å²) in [4.78, 5) is 6.57. The van der Waals surface area contributed by atoms with Crippen LogP contribution >= 0.6 is 0 Å². The average Bonchev–Trinajstić information content (AvgIpc) is 2.89. The van der Waals surface area contributed by atoms with Gasteiger partial charge in [0.15, 0.2) is 0 Å². The van der Waals surface area contributed by atoms with E-state index < -0.39 is 14.8 Å². The molecule has 0 saturated carbocycles. The van der Waals surface area contributed by atoms with Crippen LogP contribution in [0.2, 0.25) is 0 Å². The summed E-state index contributed by atoms with van der Waals surface area (Å²) in [6, 6.07) is 11.8. The van der Waals surface area contributed by atoms with E-state index in [0.717, 1.165) is 29.9 Å². The molecule has 0 atom stereocenters. The number of likely N-dealkylation sites (tertiary alicyclic amines) is 1. The number of methoxy groups -OCH3 is 1. The van der Waals surface area contributed by atoms with Crippen molar-refractivity contribution in [2.24, 2.45) is 5.92 Å². The molecule has 1 aromatic heterocycles. The maximum Gasteiger partial charge on any atom is 0.245 e. The van der Waals surface area contributed by atoms with Crippen LogP contribution in [0.4, 0.5) is 5.69 Å². The molecular formula is C22H29N3O3S. The van der Waals surface area contributed by atoms with Crippen LogP contribution in [0.3, 0.4) is 0 Å². The van der Waals surface area contributed by atoms with E-state index >= 15 is 0 Å². The number of para-hydroxylation sites is 1. The molecule has 0 radical (unpaired) electrons. The van der Waals surface area contributed by atoms with Gasteiger partial charge in [0.25, 0.3) is 0 Å². The van der Waals surface area contributed by atoms with Crippen LogP contribution < -0.4 is 9.04 Å². The van der Waals surface area contributed by atoms with Crippen molar-refractivity contribution in [3.8, 4) is 5.88 Å². The van der Waals surface area contributed by atoms with Gasteiger partial charge in [-0.05, 0) is 36.5 Å². The Bertz CT molecular complexity index is 982. The number of rotatable bonds is 5. The number of sulfonamides is 1. The van der Waals surface area contributed by atoms with Gasteiger partial charge in [-0.3, -0.25) is 9.21 Å². The van der Waals surface area contributed by atoms with Gasteiger partial charge in [0.1, 0.15) is 4.75 Å². The third-order valence-corrected chi connectivity index (χ3v) is 8.62. The molecule has 6 nitrogen and oxygen atoms in total. The van der Waals surface area contributed by atoms with Crippen molar-refractivity contribution in [3.63, 3.8) is 0 Å². The fraction of sp³-hybridized carbons (Fsp3) is 0.500. The normalized spacial score (nSPS) is 20.2. The Kier molecular flexibility index (Phi) is 5.29. The van der Waals surface area contributed by atoms with Crippen LogP contribution in [0, 0.1) is 5.92 Å². The summed E-state index contributed by atoms with van der Waals surface area (Å²) >= 11 is 0. The van der Waals surface area contributed by atoms with Crippen molar-refractivity contribution in [2.45, 2.75) is 38.0 Å². The minimum absolute atomic E-state index is 0.270. The van der Waals surface area contributed by atoms with Crippen LogP contribution in [0.5, 0.6) is 5.88 Å². The molecular weight excluding hydrogens is 386 g/mol. The summed E-state index contributed by atoms with van der Waals surface area (Å²) in [7, 11) is -1.82. The molecule has 1 aromatic carbocycles. The van der Waals surface area contributed by atoms with E-state index in [4.69, 9.17) is 4.74 Å². The minimum Gasteiger partial charge on any atom is -0.481 e. The zero-order valence-corrected chi connectivity index (χ0v) is 18.2. The number of pyridine rings is 1. The molecule has 1 spiro atoms.